The first-order valence-electron chi connectivity index (χ1n) is 16.9. The highest BCUT2D eigenvalue weighted by atomic mass is 31.1. The van der Waals surface area contributed by atoms with Crippen molar-refractivity contribution >= 4 is 25.3 Å². The molecule has 1 aromatic carbocycles. The van der Waals surface area contributed by atoms with Crippen molar-refractivity contribution in [2.24, 2.45) is 0 Å². The van der Waals surface area contributed by atoms with Gasteiger partial charge in [-0.05, 0) is 50.7 Å². The van der Waals surface area contributed by atoms with E-state index in [4.69, 9.17) is 18.9 Å². The average molecular weight is 633 g/mol. The van der Waals surface area contributed by atoms with Crippen LogP contribution in [0.25, 0.3) is 0 Å². The number of carbonyl (C=O) groups is 2. The Balaban J connectivity index is 3.78. The van der Waals surface area contributed by atoms with E-state index in [9.17, 15) is 14.2 Å². The second-order valence-corrected chi connectivity index (χ2v) is 11.9. The maximum atomic E-state index is 13.0. The van der Waals surface area contributed by atoms with Crippen LogP contribution < -0.4 is 24.3 Å². The van der Waals surface area contributed by atoms with E-state index in [0.29, 0.717) is 37.1 Å². The summed E-state index contributed by atoms with van der Waals surface area (Å²) >= 11 is 0. The molecule has 0 heterocycles. The van der Waals surface area contributed by atoms with Gasteiger partial charge < -0.3 is 18.9 Å². The maximum absolute atomic E-state index is 13.0. The molecule has 248 valence electrons. The molecule has 0 saturated heterocycles. The minimum atomic E-state index is -0.853. The van der Waals surface area contributed by atoms with Crippen molar-refractivity contribution in [2.45, 2.75) is 143 Å². The van der Waals surface area contributed by atoms with Gasteiger partial charge in [-0.15, -0.1) is 0 Å². The summed E-state index contributed by atoms with van der Waals surface area (Å²) in [6.07, 6.45) is 15.2. The highest BCUT2D eigenvalue weighted by Gasteiger charge is 2.31. The van der Waals surface area contributed by atoms with Gasteiger partial charge in [0.2, 0.25) is 11.5 Å². The molecule has 0 amide bonds. The number of rotatable bonds is 29. The van der Waals surface area contributed by atoms with Crippen molar-refractivity contribution in [1.29, 1.82) is 0 Å². The molecule has 0 aliphatic rings. The number of ketones is 2. The first-order valence-corrected chi connectivity index (χ1v) is 17.7. The fourth-order valence-electron chi connectivity index (χ4n) is 4.76. The quantitative estimate of drug-likeness (QED) is 0.0493. The van der Waals surface area contributed by atoms with E-state index < -0.39 is 12.2 Å². The van der Waals surface area contributed by atoms with Gasteiger partial charge >= 0.3 is 0 Å². The zero-order valence-electron chi connectivity index (χ0n) is 27.8. The minimum absolute atomic E-state index is 0.138. The summed E-state index contributed by atoms with van der Waals surface area (Å²) in [6, 6.07) is 1.64. The Morgan fingerprint density at radius 3 is 1.57 bits per heavy atom. The molecule has 1 rings (SSSR count). The Kier molecular flexibility index (Phi) is 22.0. The van der Waals surface area contributed by atoms with Crippen molar-refractivity contribution in [3.8, 4) is 23.0 Å². The van der Waals surface area contributed by atoms with Gasteiger partial charge in [0.25, 0.3) is 0 Å². The first kappa shape index (κ1) is 39.4. The standard InChI is InChI=1S/C36H57O7P/c1-7-13-17-21-25-40-32-27-33(44-39)35(41-26-22-18-14-8-2)36(43-31(29(38)12-6)24-20-16-10-4)34(32)42-30(28(37)11-5)23-19-15-9-3/h11-12,27,30-31H,5-10,13-26H2,1-4H3. The van der Waals surface area contributed by atoms with Crippen molar-refractivity contribution in [3.05, 3.63) is 31.4 Å². The molecule has 2 atom stereocenters. The number of carbonyl (C=O) groups excluding carboxylic acids is 2. The number of unbranched alkanes of at least 4 members (excludes halogenated alkanes) is 10. The predicted molar refractivity (Wildman–Crippen MR) is 180 cm³/mol. The van der Waals surface area contributed by atoms with Gasteiger partial charge in [-0.3, -0.25) is 14.2 Å². The number of hydrogen-bond acceptors (Lipinski definition) is 7. The van der Waals surface area contributed by atoms with Crippen LogP contribution in [0.15, 0.2) is 31.4 Å². The summed E-state index contributed by atoms with van der Waals surface area (Å²) in [5.41, 5.74) is 0. The summed E-state index contributed by atoms with van der Waals surface area (Å²) in [5, 5.41) is 0.336. The summed E-state index contributed by atoms with van der Waals surface area (Å²) in [7, 11) is -0.290. The van der Waals surface area contributed by atoms with Gasteiger partial charge in [-0.25, -0.2) is 0 Å². The third-order valence-corrected chi connectivity index (χ3v) is 7.96. The highest BCUT2D eigenvalue weighted by molar-refractivity contribution is 7.34. The van der Waals surface area contributed by atoms with Crippen LogP contribution in [0.3, 0.4) is 0 Å². The lowest BCUT2D eigenvalue weighted by molar-refractivity contribution is -0.122. The molecule has 0 spiro atoms. The van der Waals surface area contributed by atoms with Gasteiger partial charge in [-0.1, -0.05) is 105 Å². The van der Waals surface area contributed by atoms with Gasteiger partial charge in [0.05, 0.1) is 18.5 Å². The third-order valence-electron chi connectivity index (χ3n) is 7.43. The fourth-order valence-corrected chi connectivity index (χ4v) is 5.18. The van der Waals surface area contributed by atoms with E-state index in [0.717, 1.165) is 89.9 Å². The largest absolute Gasteiger partial charge is 0.490 e. The normalized spacial score (nSPS) is 12.4. The van der Waals surface area contributed by atoms with Crippen molar-refractivity contribution in [1.82, 2.24) is 0 Å². The van der Waals surface area contributed by atoms with E-state index >= 15 is 0 Å². The van der Waals surface area contributed by atoms with E-state index in [-0.39, 0.29) is 37.3 Å². The van der Waals surface area contributed by atoms with Gasteiger partial charge in [-0.2, -0.15) is 0 Å². The van der Waals surface area contributed by atoms with Gasteiger partial charge in [0.1, 0.15) is 0 Å². The summed E-state index contributed by atoms with van der Waals surface area (Å²) in [5.74, 6) is 0.348. The zero-order valence-corrected chi connectivity index (χ0v) is 28.7. The second kappa shape index (κ2) is 24.6. The van der Waals surface area contributed by atoms with Crippen LogP contribution in [0.5, 0.6) is 23.0 Å². The van der Waals surface area contributed by atoms with E-state index in [1.807, 2.05) is 0 Å². The van der Waals surface area contributed by atoms with Crippen LogP contribution in [0.2, 0.25) is 0 Å². The molecule has 0 saturated carbocycles. The van der Waals surface area contributed by atoms with Gasteiger partial charge in [0, 0.05) is 6.07 Å². The van der Waals surface area contributed by atoms with Crippen LogP contribution in [-0.2, 0) is 14.2 Å². The van der Waals surface area contributed by atoms with Crippen molar-refractivity contribution in [2.75, 3.05) is 13.2 Å². The van der Waals surface area contributed by atoms with Crippen molar-refractivity contribution in [3.63, 3.8) is 0 Å². The molecular weight excluding hydrogens is 575 g/mol. The molecule has 0 aliphatic heterocycles. The Hall–Kier alpha value is -2.66. The Morgan fingerprint density at radius 1 is 0.659 bits per heavy atom. The molecule has 8 heteroatoms. The van der Waals surface area contributed by atoms with Crippen LogP contribution in [0.1, 0.15) is 130 Å². The molecule has 0 aromatic heterocycles. The topological polar surface area (TPSA) is 88.1 Å². The number of hydrogen-bond donors (Lipinski definition) is 0. The van der Waals surface area contributed by atoms with E-state index in [1.165, 1.54) is 12.2 Å². The molecule has 0 radical (unpaired) electrons. The minimum Gasteiger partial charge on any atom is -0.490 e. The van der Waals surface area contributed by atoms with Crippen LogP contribution in [-0.4, -0.2) is 37.0 Å². The third kappa shape index (κ3) is 14.4. The average Bonchev–Trinajstić information content (AvgIpc) is 3.04. The Bertz CT molecular complexity index is 1010. The molecule has 2 unspecified atom stereocenters. The highest BCUT2D eigenvalue weighted by Crippen LogP contribution is 2.46. The smallest absolute Gasteiger partial charge is 0.209 e. The zero-order chi connectivity index (χ0) is 32.6. The molecule has 1 aromatic rings. The lowest BCUT2D eigenvalue weighted by Crippen LogP contribution is -2.29. The predicted octanol–water partition coefficient (Wildman–Crippen LogP) is 9.69. The van der Waals surface area contributed by atoms with Gasteiger partial charge in [0.15, 0.2) is 43.7 Å². The Morgan fingerprint density at radius 2 is 1.11 bits per heavy atom. The molecule has 0 fully saturated rings. The SMILES string of the molecule is C=CC(=O)C(CCCCC)Oc1c(OCCCCCC)cc(P=O)c(OCCCCCC)c1OC(CCCCC)C(=O)C=C. The first-order chi connectivity index (χ1) is 21.4. The number of benzene rings is 1. The lowest BCUT2D eigenvalue weighted by Gasteiger charge is -2.26. The molecular formula is C36H57O7P. The summed E-state index contributed by atoms with van der Waals surface area (Å²) in [6.45, 7) is 16.6. The monoisotopic (exact) mass is 632 g/mol. The van der Waals surface area contributed by atoms with Crippen LogP contribution >= 0.6 is 8.46 Å². The van der Waals surface area contributed by atoms with Crippen LogP contribution in [0.4, 0.5) is 0 Å². The molecule has 7 nitrogen and oxygen atoms in total. The van der Waals surface area contributed by atoms with E-state index in [2.05, 4.69) is 40.9 Å². The summed E-state index contributed by atoms with van der Waals surface area (Å²) < 4.78 is 38.0. The lowest BCUT2D eigenvalue weighted by atomic mass is 10.1. The molecule has 0 bridgehead atoms. The maximum Gasteiger partial charge on any atom is 0.209 e. The van der Waals surface area contributed by atoms with Crippen LogP contribution in [0, 0.1) is 0 Å². The molecule has 0 aliphatic carbocycles. The fraction of sp³-hybridized carbons (Fsp3) is 0.667. The van der Waals surface area contributed by atoms with E-state index in [1.54, 1.807) is 6.07 Å². The number of ether oxygens (including phenoxy) is 4. The summed E-state index contributed by atoms with van der Waals surface area (Å²) in [4.78, 5) is 26.1. The Labute approximate surface area is 268 Å². The molecule has 0 N–H and O–H groups in total. The molecule has 44 heavy (non-hydrogen) atoms. The van der Waals surface area contributed by atoms with Crippen molar-refractivity contribution < 1.29 is 33.1 Å². The second-order valence-electron chi connectivity index (χ2n) is 11.2.